The fourth-order valence-electron chi connectivity index (χ4n) is 6.86. The highest BCUT2D eigenvalue weighted by molar-refractivity contribution is 7.87. The van der Waals surface area contributed by atoms with Crippen LogP contribution in [0.15, 0.2) is 54.6 Å². The fraction of sp³-hybridized carbons (Fsp3) is 0.552. The zero-order valence-corrected chi connectivity index (χ0v) is 22.5. The molecule has 2 aromatic carbocycles. The molecule has 6 rings (SSSR count). The lowest BCUT2D eigenvalue weighted by Crippen LogP contribution is -2.47. The highest BCUT2D eigenvalue weighted by Gasteiger charge is 2.41. The second kappa shape index (κ2) is 10.5. The predicted molar refractivity (Wildman–Crippen MR) is 148 cm³/mol. The molecule has 1 saturated carbocycles. The molecule has 1 aromatic heterocycles. The van der Waals surface area contributed by atoms with Gasteiger partial charge in [-0.2, -0.15) is 13.1 Å². The maximum Gasteiger partial charge on any atom is 0.277 e. The molecule has 3 heterocycles. The number of nitrogens with zero attached hydrogens (tertiary/aromatic N) is 3. The Kier molecular flexibility index (Phi) is 7.09. The van der Waals surface area contributed by atoms with Crippen LogP contribution in [-0.2, 0) is 10.2 Å². The van der Waals surface area contributed by atoms with Crippen LogP contribution in [0.3, 0.4) is 0 Å². The average Bonchev–Trinajstić information content (AvgIpc) is 3.32. The molecule has 3 aromatic rings. The number of hydrogen-bond donors (Lipinski definition) is 2. The highest BCUT2D eigenvalue weighted by Crippen LogP contribution is 2.42. The van der Waals surface area contributed by atoms with Crippen LogP contribution in [0.5, 0.6) is 0 Å². The molecule has 2 saturated heterocycles. The van der Waals surface area contributed by atoms with E-state index in [1.807, 2.05) is 6.07 Å². The summed E-state index contributed by atoms with van der Waals surface area (Å²) in [6.07, 6.45) is 8.75. The van der Waals surface area contributed by atoms with Gasteiger partial charge in [0.25, 0.3) is 10.2 Å². The van der Waals surface area contributed by atoms with E-state index < -0.39 is 10.2 Å². The number of fused-ring (bicyclic) bond motifs is 3. The Morgan fingerprint density at radius 1 is 0.946 bits per heavy atom. The molecule has 7 nitrogen and oxygen atoms in total. The molecular formula is C29H39N5O2S. The first-order chi connectivity index (χ1) is 18.0. The number of benzene rings is 2. The Balaban J connectivity index is 1.12. The molecule has 37 heavy (non-hydrogen) atoms. The van der Waals surface area contributed by atoms with E-state index in [9.17, 15) is 8.42 Å². The zero-order valence-electron chi connectivity index (χ0n) is 21.7. The van der Waals surface area contributed by atoms with Crippen molar-refractivity contribution in [1.29, 1.82) is 0 Å². The van der Waals surface area contributed by atoms with Gasteiger partial charge in [-0.15, -0.1) is 0 Å². The van der Waals surface area contributed by atoms with Gasteiger partial charge >= 0.3 is 0 Å². The third-order valence-corrected chi connectivity index (χ3v) is 10.1. The minimum atomic E-state index is -3.47. The molecule has 2 aliphatic heterocycles. The number of imidazole rings is 1. The number of rotatable bonds is 10. The SMILES string of the molecule is Cc1nc2ccccc2n1C1CC2CCC(C1)N2CCC(CNS(=O)(=O)NC1CCC1)c1ccccc1. The molecule has 198 valence electrons. The van der Waals surface area contributed by atoms with E-state index in [4.69, 9.17) is 4.98 Å². The summed E-state index contributed by atoms with van der Waals surface area (Å²) in [5.41, 5.74) is 3.55. The molecule has 0 spiro atoms. The maximum absolute atomic E-state index is 12.6. The van der Waals surface area contributed by atoms with Crippen molar-refractivity contribution in [3.8, 4) is 0 Å². The summed E-state index contributed by atoms with van der Waals surface area (Å²) in [4.78, 5) is 7.55. The third-order valence-electron chi connectivity index (χ3n) is 8.95. The molecule has 0 amide bonds. The average molecular weight is 522 g/mol. The molecule has 3 fully saturated rings. The van der Waals surface area contributed by atoms with E-state index in [-0.39, 0.29) is 12.0 Å². The number of nitrogens with one attached hydrogen (secondary N) is 2. The van der Waals surface area contributed by atoms with Crippen molar-refractivity contribution >= 4 is 21.2 Å². The molecule has 2 N–H and O–H groups in total. The maximum atomic E-state index is 12.6. The quantitative estimate of drug-likeness (QED) is 0.407. The van der Waals surface area contributed by atoms with Gasteiger partial charge in [-0.25, -0.2) is 9.71 Å². The summed E-state index contributed by atoms with van der Waals surface area (Å²) >= 11 is 0. The summed E-state index contributed by atoms with van der Waals surface area (Å²) in [7, 11) is -3.47. The van der Waals surface area contributed by atoms with E-state index in [1.165, 1.54) is 23.9 Å². The van der Waals surface area contributed by atoms with Crippen molar-refractivity contribution in [3.05, 3.63) is 66.0 Å². The molecule has 8 heteroatoms. The fourth-order valence-corrected chi connectivity index (χ4v) is 8.04. The smallest absolute Gasteiger partial charge is 0.277 e. The second-order valence-corrected chi connectivity index (χ2v) is 12.8. The normalized spacial score (nSPS) is 25.4. The summed E-state index contributed by atoms with van der Waals surface area (Å²) in [5.74, 6) is 1.27. The van der Waals surface area contributed by atoms with E-state index in [2.05, 4.69) is 74.4 Å². The van der Waals surface area contributed by atoms with E-state index >= 15 is 0 Å². The van der Waals surface area contributed by atoms with Crippen LogP contribution >= 0.6 is 0 Å². The minimum Gasteiger partial charge on any atom is -0.325 e. The van der Waals surface area contributed by atoms with Gasteiger partial charge in [0.2, 0.25) is 0 Å². The van der Waals surface area contributed by atoms with Crippen LogP contribution in [-0.4, -0.2) is 54.1 Å². The molecule has 3 atom stereocenters. The van der Waals surface area contributed by atoms with Gasteiger partial charge in [0.1, 0.15) is 5.82 Å². The Morgan fingerprint density at radius 2 is 1.65 bits per heavy atom. The highest BCUT2D eigenvalue weighted by atomic mass is 32.2. The second-order valence-electron chi connectivity index (χ2n) is 11.3. The first-order valence-corrected chi connectivity index (χ1v) is 15.5. The summed E-state index contributed by atoms with van der Waals surface area (Å²) in [5, 5.41) is 0. The largest absolute Gasteiger partial charge is 0.325 e. The van der Waals surface area contributed by atoms with Crippen LogP contribution < -0.4 is 9.44 Å². The lowest BCUT2D eigenvalue weighted by Gasteiger charge is -2.40. The van der Waals surface area contributed by atoms with Gasteiger partial charge in [-0.05, 0) is 82.0 Å². The molecular weight excluding hydrogens is 482 g/mol. The van der Waals surface area contributed by atoms with Crippen molar-refractivity contribution in [3.63, 3.8) is 0 Å². The standard InChI is InChI=1S/C29H39N5O2S/c1-21-31-28-12-5-6-13-29(28)34(21)27-18-25-14-15-26(19-27)33(25)17-16-23(22-8-3-2-4-9-22)20-30-37(35,36)32-24-10-7-11-24/h2-6,8-9,12-13,23-27,30,32H,7,10-11,14-20H2,1H3. The summed E-state index contributed by atoms with van der Waals surface area (Å²) in [6, 6.07) is 20.6. The predicted octanol–water partition coefficient (Wildman–Crippen LogP) is 4.66. The van der Waals surface area contributed by atoms with Gasteiger partial charge in [-0.3, -0.25) is 4.90 Å². The van der Waals surface area contributed by atoms with Crippen LogP contribution in [0.2, 0.25) is 0 Å². The van der Waals surface area contributed by atoms with Crippen LogP contribution in [0.1, 0.15) is 74.7 Å². The van der Waals surface area contributed by atoms with Gasteiger partial charge in [0.05, 0.1) is 11.0 Å². The van der Waals surface area contributed by atoms with Crippen molar-refractivity contribution in [2.24, 2.45) is 0 Å². The van der Waals surface area contributed by atoms with Crippen LogP contribution in [0.4, 0.5) is 0 Å². The topological polar surface area (TPSA) is 79.3 Å². The number of piperidine rings is 1. The first kappa shape index (κ1) is 25.0. The lowest BCUT2D eigenvalue weighted by atomic mass is 9.93. The van der Waals surface area contributed by atoms with Gasteiger partial charge < -0.3 is 4.57 Å². The summed E-state index contributed by atoms with van der Waals surface area (Å²) < 4.78 is 33.4. The van der Waals surface area contributed by atoms with Crippen LogP contribution in [0.25, 0.3) is 11.0 Å². The summed E-state index contributed by atoms with van der Waals surface area (Å²) in [6.45, 7) is 3.57. The van der Waals surface area contributed by atoms with Gasteiger partial charge in [0.15, 0.2) is 0 Å². The van der Waals surface area contributed by atoms with Crippen molar-refractivity contribution < 1.29 is 8.42 Å². The Bertz CT molecular complexity index is 1310. The van der Waals surface area contributed by atoms with E-state index in [0.29, 0.717) is 24.7 Å². The van der Waals surface area contributed by atoms with Crippen molar-refractivity contribution in [1.82, 2.24) is 23.9 Å². The lowest BCUT2D eigenvalue weighted by molar-refractivity contribution is 0.104. The minimum absolute atomic E-state index is 0.0980. The van der Waals surface area contributed by atoms with E-state index in [1.54, 1.807) is 0 Å². The van der Waals surface area contributed by atoms with Crippen molar-refractivity contribution in [2.45, 2.75) is 88.4 Å². The molecule has 3 unspecified atom stereocenters. The molecule has 2 bridgehead atoms. The Labute approximate surface area is 220 Å². The van der Waals surface area contributed by atoms with E-state index in [0.717, 1.165) is 56.4 Å². The number of para-hydroxylation sites is 2. The Morgan fingerprint density at radius 3 is 2.35 bits per heavy atom. The first-order valence-electron chi connectivity index (χ1n) is 14.0. The zero-order chi connectivity index (χ0) is 25.4. The Hall–Kier alpha value is -2.26. The number of aromatic nitrogens is 2. The van der Waals surface area contributed by atoms with Gasteiger partial charge in [0, 0.05) is 30.7 Å². The third kappa shape index (κ3) is 5.35. The molecule has 0 radical (unpaired) electrons. The number of hydrogen-bond acceptors (Lipinski definition) is 4. The number of aryl methyl sites for hydroxylation is 1. The molecule has 3 aliphatic rings. The van der Waals surface area contributed by atoms with Crippen LogP contribution in [0, 0.1) is 6.92 Å². The molecule has 1 aliphatic carbocycles. The van der Waals surface area contributed by atoms with Crippen molar-refractivity contribution in [2.75, 3.05) is 13.1 Å². The monoisotopic (exact) mass is 521 g/mol. The van der Waals surface area contributed by atoms with Gasteiger partial charge in [-0.1, -0.05) is 48.9 Å².